The summed E-state index contributed by atoms with van der Waals surface area (Å²) in [5, 5.41) is 50.8. The van der Waals surface area contributed by atoms with Crippen LogP contribution >= 0.6 is 0 Å². The first-order valence-corrected chi connectivity index (χ1v) is 9.11. The lowest BCUT2D eigenvalue weighted by atomic mass is 9.99. The predicted octanol–water partition coefficient (Wildman–Crippen LogP) is -0.930. The molecule has 0 radical (unpaired) electrons. The zero-order valence-electron chi connectivity index (χ0n) is 16.2. The lowest BCUT2D eigenvalue weighted by molar-refractivity contribution is -0.165. The Morgan fingerprint density at radius 2 is 1.83 bits per heavy atom. The molecule has 160 valence electrons. The molecular weight excluding hydrogens is 382 g/mol. The van der Waals surface area contributed by atoms with Crippen LogP contribution in [0.5, 0.6) is 0 Å². The van der Waals surface area contributed by atoms with Crippen molar-refractivity contribution in [2.45, 2.75) is 44.4 Å². The molecule has 3 atom stereocenters. The molecule has 1 heterocycles. The van der Waals surface area contributed by atoms with Gasteiger partial charge in [-0.15, -0.1) is 0 Å². The van der Waals surface area contributed by atoms with E-state index in [-0.39, 0.29) is 12.6 Å². The van der Waals surface area contributed by atoms with Crippen molar-refractivity contribution in [3.8, 4) is 6.07 Å². The molecular formula is C19H27N3O7. The third-order valence-electron chi connectivity index (χ3n) is 4.29. The molecule has 0 amide bonds. The molecule has 29 heavy (non-hydrogen) atoms. The fraction of sp³-hybridized carbons (Fsp3) is 0.526. The van der Waals surface area contributed by atoms with E-state index in [0.29, 0.717) is 0 Å². The van der Waals surface area contributed by atoms with Crippen LogP contribution in [0.1, 0.15) is 30.0 Å². The Bertz CT molecular complexity index is 743. The van der Waals surface area contributed by atoms with Gasteiger partial charge in [0, 0.05) is 25.7 Å². The minimum Gasteiger partial charge on any atom is -0.479 e. The van der Waals surface area contributed by atoms with Gasteiger partial charge in [-0.1, -0.05) is 6.07 Å². The van der Waals surface area contributed by atoms with Gasteiger partial charge in [-0.3, -0.25) is 0 Å². The molecule has 7 N–H and O–H groups in total. The molecule has 1 aromatic rings. The van der Waals surface area contributed by atoms with Gasteiger partial charge in [-0.05, 0) is 43.4 Å². The Kier molecular flexibility index (Phi) is 9.50. The number of carboxylic acid groups (broad SMARTS) is 2. The molecule has 1 aliphatic rings. The Morgan fingerprint density at radius 3 is 2.28 bits per heavy atom. The number of hydrogen-bond acceptors (Lipinski definition) is 8. The highest BCUT2D eigenvalue weighted by Gasteiger charge is 2.29. The molecule has 0 spiro atoms. The maximum Gasteiger partial charge on any atom is 0.335 e. The number of aliphatic carboxylic acids is 2. The highest BCUT2D eigenvalue weighted by atomic mass is 16.4. The molecule has 2 unspecified atom stereocenters. The maximum absolute atomic E-state index is 9.77. The summed E-state index contributed by atoms with van der Waals surface area (Å²) < 4.78 is 0. The largest absolute Gasteiger partial charge is 0.479 e. The highest BCUT2D eigenvalue weighted by Crippen LogP contribution is 2.33. The molecule has 0 aliphatic carbocycles. The number of rotatable bonds is 8. The van der Waals surface area contributed by atoms with E-state index in [1.165, 1.54) is 5.56 Å². The van der Waals surface area contributed by atoms with Crippen LogP contribution in [0.3, 0.4) is 0 Å². The second kappa shape index (κ2) is 11.3. The van der Waals surface area contributed by atoms with E-state index in [9.17, 15) is 14.9 Å². The average molecular weight is 409 g/mol. The number of aliphatic hydroxyl groups is 3. The average Bonchev–Trinajstić information content (AvgIpc) is 3.07. The van der Waals surface area contributed by atoms with Gasteiger partial charge in [-0.2, -0.15) is 5.26 Å². The van der Waals surface area contributed by atoms with Crippen molar-refractivity contribution in [2.75, 3.05) is 24.6 Å². The van der Waals surface area contributed by atoms with Crippen molar-refractivity contribution in [3.63, 3.8) is 0 Å². The molecule has 0 bridgehead atoms. The van der Waals surface area contributed by atoms with Gasteiger partial charge in [0.25, 0.3) is 0 Å². The van der Waals surface area contributed by atoms with Crippen LogP contribution in [0.2, 0.25) is 0 Å². The Balaban J connectivity index is 0.000000359. The number of carbonyl (C=O) groups is 2. The standard InChI is InChI=1S/C15H21N3O.C4H6O6/c1-11(17)7-12-8-13-3-5-18(4-2-6-19)15(13)14(9-12)10-16;5-1(3(7)8)2(6)4(9)10/h8-9,11,19H,2-7,17H2,1H3;1-2,5-6H,(H,7,8)(H,9,10)/t11-;/m1./s1. The van der Waals surface area contributed by atoms with Gasteiger partial charge >= 0.3 is 11.9 Å². The Morgan fingerprint density at radius 1 is 1.24 bits per heavy atom. The molecule has 0 saturated heterocycles. The lowest BCUT2D eigenvalue weighted by Crippen LogP contribution is -2.39. The van der Waals surface area contributed by atoms with E-state index in [4.69, 9.17) is 31.3 Å². The maximum atomic E-state index is 9.77. The van der Waals surface area contributed by atoms with Gasteiger partial charge in [0.2, 0.25) is 0 Å². The highest BCUT2D eigenvalue weighted by molar-refractivity contribution is 5.83. The van der Waals surface area contributed by atoms with E-state index < -0.39 is 24.1 Å². The number of anilines is 1. The quantitative estimate of drug-likeness (QED) is 0.313. The summed E-state index contributed by atoms with van der Waals surface area (Å²) in [7, 11) is 0. The lowest BCUT2D eigenvalue weighted by Gasteiger charge is -2.20. The third-order valence-corrected chi connectivity index (χ3v) is 4.29. The van der Waals surface area contributed by atoms with Crippen LogP contribution in [0, 0.1) is 11.3 Å². The Labute approximate surface area is 168 Å². The molecule has 2 rings (SSSR count). The smallest absolute Gasteiger partial charge is 0.335 e. The van der Waals surface area contributed by atoms with Crippen molar-refractivity contribution in [1.82, 2.24) is 0 Å². The number of nitrogens with two attached hydrogens (primary N) is 1. The minimum atomic E-state index is -2.27. The van der Waals surface area contributed by atoms with Gasteiger partial charge in [0.15, 0.2) is 12.2 Å². The number of fused-ring (bicyclic) bond motifs is 1. The van der Waals surface area contributed by atoms with Gasteiger partial charge < -0.3 is 36.2 Å². The van der Waals surface area contributed by atoms with Crippen LogP contribution in [-0.2, 0) is 22.4 Å². The summed E-state index contributed by atoms with van der Waals surface area (Å²) in [4.78, 5) is 21.8. The summed E-state index contributed by atoms with van der Waals surface area (Å²) >= 11 is 0. The first kappa shape index (κ1) is 24.3. The van der Waals surface area contributed by atoms with Gasteiger partial charge in [0.05, 0.1) is 11.3 Å². The van der Waals surface area contributed by atoms with Crippen LogP contribution in [-0.4, -0.2) is 75.4 Å². The summed E-state index contributed by atoms with van der Waals surface area (Å²) in [6.45, 7) is 3.92. The minimum absolute atomic E-state index is 0.108. The first-order chi connectivity index (χ1) is 13.6. The number of benzene rings is 1. The number of nitriles is 1. The van der Waals surface area contributed by atoms with E-state index in [2.05, 4.69) is 17.0 Å². The van der Waals surface area contributed by atoms with E-state index in [1.54, 1.807) is 0 Å². The molecule has 1 aromatic carbocycles. The van der Waals surface area contributed by atoms with Crippen LogP contribution in [0.4, 0.5) is 5.69 Å². The molecule has 0 saturated carbocycles. The summed E-state index contributed by atoms with van der Waals surface area (Å²) in [6.07, 6.45) is -2.01. The van der Waals surface area contributed by atoms with Crippen LogP contribution in [0.15, 0.2) is 12.1 Å². The Hall–Kier alpha value is -2.71. The number of hydrogen-bond donors (Lipinski definition) is 6. The van der Waals surface area contributed by atoms with Gasteiger partial charge in [-0.25, -0.2) is 9.59 Å². The predicted molar refractivity (Wildman–Crippen MR) is 103 cm³/mol. The zero-order chi connectivity index (χ0) is 22.1. The number of aliphatic hydroxyl groups excluding tert-OH is 3. The van der Waals surface area contributed by atoms with Crippen LogP contribution < -0.4 is 10.6 Å². The molecule has 10 nitrogen and oxygen atoms in total. The summed E-state index contributed by atoms with van der Waals surface area (Å²) in [6, 6.07) is 6.55. The normalized spacial score (nSPS) is 15.4. The second-order valence-electron chi connectivity index (χ2n) is 6.82. The number of nitrogens with zero attached hydrogens (tertiary/aromatic N) is 2. The topological polar surface area (TPSA) is 188 Å². The monoisotopic (exact) mass is 409 g/mol. The van der Waals surface area contributed by atoms with E-state index in [0.717, 1.165) is 49.2 Å². The van der Waals surface area contributed by atoms with Crippen molar-refractivity contribution in [2.24, 2.45) is 5.73 Å². The number of carboxylic acids is 2. The summed E-state index contributed by atoms with van der Waals surface area (Å²) in [5.41, 5.74) is 10.0. The van der Waals surface area contributed by atoms with E-state index >= 15 is 0 Å². The second-order valence-corrected chi connectivity index (χ2v) is 6.82. The first-order valence-electron chi connectivity index (χ1n) is 9.11. The van der Waals surface area contributed by atoms with Crippen LogP contribution in [0.25, 0.3) is 0 Å². The molecule has 10 heteroatoms. The van der Waals surface area contributed by atoms with Crippen molar-refractivity contribution in [1.29, 1.82) is 5.26 Å². The third kappa shape index (κ3) is 6.99. The molecule has 1 aliphatic heterocycles. The SMILES string of the molecule is C[C@@H](N)Cc1cc(C#N)c2c(c1)CCN2CCCO.O=C(O)C(O)C(O)C(=O)O. The van der Waals surface area contributed by atoms with E-state index in [1.807, 2.05) is 13.0 Å². The van der Waals surface area contributed by atoms with Crippen molar-refractivity contribution >= 4 is 17.6 Å². The van der Waals surface area contributed by atoms with Gasteiger partial charge in [0.1, 0.15) is 6.07 Å². The fourth-order valence-electron chi connectivity index (χ4n) is 3.02. The summed E-state index contributed by atoms with van der Waals surface area (Å²) in [5.74, 6) is -3.54. The molecule has 0 aromatic heterocycles. The molecule has 0 fully saturated rings. The zero-order valence-corrected chi connectivity index (χ0v) is 16.2. The van der Waals surface area contributed by atoms with Crippen molar-refractivity contribution in [3.05, 3.63) is 28.8 Å². The van der Waals surface area contributed by atoms with Crippen molar-refractivity contribution < 1.29 is 35.1 Å². The fourth-order valence-corrected chi connectivity index (χ4v) is 3.02.